The summed E-state index contributed by atoms with van der Waals surface area (Å²) in [6.07, 6.45) is 5.52. The standard InChI is InChI=1S/C15H21N5/c1-11-6-7-12(2)15(8-11)17-13-4-3-5-14(9-13)20-10-16-18-19-20/h3-5,9-12,15,17H,6-8H2,1-2H3. The predicted molar refractivity (Wildman–Crippen MR) is 78.7 cm³/mol. The molecule has 0 amide bonds. The van der Waals surface area contributed by atoms with Gasteiger partial charge in [0.05, 0.1) is 5.69 Å². The van der Waals surface area contributed by atoms with Gasteiger partial charge in [-0.05, 0) is 53.3 Å². The van der Waals surface area contributed by atoms with E-state index < -0.39 is 0 Å². The third-order valence-corrected chi connectivity index (χ3v) is 4.27. The summed E-state index contributed by atoms with van der Waals surface area (Å²) in [5.74, 6) is 1.54. The number of rotatable bonds is 3. The third-order valence-electron chi connectivity index (χ3n) is 4.27. The summed E-state index contributed by atoms with van der Waals surface area (Å²) in [7, 11) is 0. The van der Waals surface area contributed by atoms with Crippen molar-refractivity contribution >= 4 is 5.69 Å². The molecule has 0 aliphatic heterocycles. The van der Waals surface area contributed by atoms with Crippen LogP contribution < -0.4 is 5.32 Å². The van der Waals surface area contributed by atoms with Gasteiger partial charge < -0.3 is 5.32 Å². The van der Waals surface area contributed by atoms with Crippen LogP contribution in [-0.2, 0) is 0 Å². The van der Waals surface area contributed by atoms with E-state index in [1.807, 2.05) is 12.1 Å². The van der Waals surface area contributed by atoms with Crippen LogP contribution in [0, 0.1) is 11.8 Å². The van der Waals surface area contributed by atoms with Crippen molar-refractivity contribution in [1.82, 2.24) is 20.2 Å². The minimum absolute atomic E-state index is 0.558. The molecule has 0 bridgehead atoms. The van der Waals surface area contributed by atoms with Crippen LogP contribution >= 0.6 is 0 Å². The second-order valence-electron chi connectivity index (χ2n) is 5.95. The molecule has 3 unspecified atom stereocenters. The number of hydrogen-bond donors (Lipinski definition) is 1. The van der Waals surface area contributed by atoms with Gasteiger partial charge in [0.25, 0.3) is 0 Å². The molecule has 5 heteroatoms. The van der Waals surface area contributed by atoms with E-state index in [2.05, 4.69) is 46.8 Å². The van der Waals surface area contributed by atoms with Gasteiger partial charge in [0.15, 0.2) is 0 Å². The van der Waals surface area contributed by atoms with Gasteiger partial charge >= 0.3 is 0 Å². The van der Waals surface area contributed by atoms with E-state index in [0.717, 1.165) is 23.2 Å². The van der Waals surface area contributed by atoms with E-state index >= 15 is 0 Å². The Bertz CT molecular complexity index is 551. The number of anilines is 1. The van der Waals surface area contributed by atoms with Gasteiger partial charge in [-0.3, -0.25) is 0 Å². The summed E-state index contributed by atoms with van der Waals surface area (Å²) in [5.41, 5.74) is 2.13. The molecule has 1 aliphatic rings. The Labute approximate surface area is 119 Å². The van der Waals surface area contributed by atoms with Gasteiger partial charge in [-0.15, -0.1) is 5.10 Å². The summed E-state index contributed by atoms with van der Waals surface area (Å²) in [6, 6.07) is 8.82. The quantitative estimate of drug-likeness (QED) is 0.932. The second-order valence-corrected chi connectivity index (χ2v) is 5.95. The highest BCUT2D eigenvalue weighted by Gasteiger charge is 2.25. The lowest BCUT2D eigenvalue weighted by molar-refractivity contribution is 0.281. The molecule has 0 saturated heterocycles. The highest BCUT2D eigenvalue weighted by Crippen LogP contribution is 2.30. The zero-order chi connectivity index (χ0) is 13.9. The Kier molecular flexibility index (Phi) is 3.67. The first-order chi connectivity index (χ1) is 9.72. The Balaban J connectivity index is 1.76. The van der Waals surface area contributed by atoms with Crippen molar-refractivity contribution in [3.63, 3.8) is 0 Å². The second kappa shape index (κ2) is 5.61. The van der Waals surface area contributed by atoms with Gasteiger partial charge in [0, 0.05) is 11.7 Å². The fraction of sp³-hybridized carbons (Fsp3) is 0.533. The lowest BCUT2D eigenvalue weighted by Gasteiger charge is -2.34. The number of nitrogens with one attached hydrogen (secondary N) is 1. The largest absolute Gasteiger partial charge is 0.382 e. The van der Waals surface area contributed by atoms with Crippen LogP contribution in [-0.4, -0.2) is 26.2 Å². The van der Waals surface area contributed by atoms with Crippen molar-refractivity contribution in [2.24, 2.45) is 11.8 Å². The molecule has 2 aromatic rings. The van der Waals surface area contributed by atoms with Crippen molar-refractivity contribution in [3.8, 4) is 5.69 Å². The summed E-state index contributed by atoms with van der Waals surface area (Å²) < 4.78 is 1.68. The highest BCUT2D eigenvalue weighted by atomic mass is 15.5. The van der Waals surface area contributed by atoms with Gasteiger partial charge in [0.1, 0.15) is 6.33 Å². The topological polar surface area (TPSA) is 55.6 Å². The van der Waals surface area contributed by atoms with Crippen LogP contribution in [0.5, 0.6) is 0 Å². The molecule has 1 aliphatic carbocycles. The van der Waals surface area contributed by atoms with E-state index in [1.54, 1.807) is 11.0 Å². The maximum atomic E-state index is 3.93. The first kappa shape index (κ1) is 13.1. The molecule has 1 fully saturated rings. The van der Waals surface area contributed by atoms with Crippen molar-refractivity contribution in [3.05, 3.63) is 30.6 Å². The fourth-order valence-electron chi connectivity index (χ4n) is 2.97. The predicted octanol–water partition coefficient (Wildman–Crippen LogP) is 2.90. The van der Waals surface area contributed by atoms with E-state index in [-0.39, 0.29) is 0 Å². The number of benzene rings is 1. The molecule has 106 valence electrons. The molecule has 5 nitrogen and oxygen atoms in total. The van der Waals surface area contributed by atoms with Gasteiger partial charge in [-0.1, -0.05) is 26.3 Å². The molecule has 0 radical (unpaired) electrons. The Hall–Kier alpha value is -1.91. The summed E-state index contributed by atoms with van der Waals surface area (Å²) in [6.45, 7) is 4.69. The summed E-state index contributed by atoms with van der Waals surface area (Å²) >= 11 is 0. The van der Waals surface area contributed by atoms with Crippen LogP contribution in [0.3, 0.4) is 0 Å². The molecule has 3 atom stereocenters. The zero-order valence-corrected chi connectivity index (χ0v) is 12.0. The minimum Gasteiger partial charge on any atom is -0.382 e. The van der Waals surface area contributed by atoms with Gasteiger partial charge in [0.2, 0.25) is 0 Å². The molecule has 1 N–H and O–H groups in total. The molecule has 20 heavy (non-hydrogen) atoms. The maximum Gasteiger partial charge on any atom is 0.143 e. The van der Waals surface area contributed by atoms with Gasteiger partial charge in [-0.25, -0.2) is 4.68 Å². The summed E-state index contributed by atoms with van der Waals surface area (Å²) in [5, 5.41) is 15.0. The molecule has 3 rings (SSSR count). The smallest absolute Gasteiger partial charge is 0.143 e. The average molecular weight is 271 g/mol. The monoisotopic (exact) mass is 271 g/mol. The third kappa shape index (κ3) is 2.81. The minimum atomic E-state index is 0.558. The van der Waals surface area contributed by atoms with Crippen LogP contribution in [0.2, 0.25) is 0 Å². The lowest BCUT2D eigenvalue weighted by Crippen LogP contribution is -2.33. The van der Waals surface area contributed by atoms with E-state index in [1.165, 1.54) is 19.3 Å². The number of aromatic nitrogens is 4. The molecular weight excluding hydrogens is 250 g/mol. The Morgan fingerprint density at radius 3 is 2.95 bits per heavy atom. The zero-order valence-electron chi connectivity index (χ0n) is 12.0. The molecule has 1 saturated carbocycles. The molecule has 1 aromatic heterocycles. The Morgan fingerprint density at radius 2 is 2.15 bits per heavy atom. The molecule has 1 heterocycles. The lowest BCUT2D eigenvalue weighted by atomic mass is 9.80. The van der Waals surface area contributed by atoms with Crippen LogP contribution in [0.25, 0.3) is 5.69 Å². The van der Waals surface area contributed by atoms with Crippen molar-refractivity contribution in [2.45, 2.75) is 39.2 Å². The molecule has 0 spiro atoms. The average Bonchev–Trinajstić information content (AvgIpc) is 2.97. The fourth-order valence-corrected chi connectivity index (χ4v) is 2.97. The van der Waals surface area contributed by atoms with Gasteiger partial charge in [-0.2, -0.15) is 0 Å². The normalized spacial score (nSPS) is 26.4. The first-order valence-corrected chi connectivity index (χ1v) is 7.32. The molecular formula is C15H21N5. The summed E-state index contributed by atoms with van der Waals surface area (Å²) in [4.78, 5) is 0. The van der Waals surface area contributed by atoms with Crippen molar-refractivity contribution in [2.75, 3.05) is 5.32 Å². The van der Waals surface area contributed by atoms with Crippen molar-refractivity contribution in [1.29, 1.82) is 0 Å². The highest BCUT2D eigenvalue weighted by molar-refractivity contribution is 5.51. The number of tetrazole rings is 1. The van der Waals surface area contributed by atoms with E-state index in [4.69, 9.17) is 0 Å². The number of hydrogen-bond acceptors (Lipinski definition) is 4. The maximum absolute atomic E-state index is 3.93. The Morgan fingerprint density at radius 1 is 1.25 bits per heavy atom. The van der Waals surface area contributed by atoms with E-state index in [0.29, 0.717) is 6.04 Å². The van der Waals surface area contributed by atoms with Crippen LogP contribution in [0.4, 0.5) is 5.69 Å². The van der Waals surface area contributed by atoms with Crippen molar-refractivity contribution < 1.29 is 0 Å². The molecule has 1 aromatic carbocycles. The van der Waals surface area contributed by atoms with Crippen LogP contribution in [0.15, 0.2) is 30.6 Å². The van der Waals surface area contributed by atoms with Crippen LogP contribution in [0.1, 0.15) is 33.1 Å². The SMILES string of the molecule is CC1CCC(C)C(Nc2cccc(-n3cnnn3)c2)C1. The van der Waals surface area contributed by atoms with E-state index in [9.17, 15) is 0 Å². The number of nitrogens with zero attached hydrogens (tertiary/aromatic N) is 4. The first-order valence-electron chi connectivity index (χ1n) is 7.32.